The number of nitrogens with zero attached hydrogens (tertiary/aromatic N) is 1. The lowest BCUT2D eigenvalue weighted by Crippen LogP contribution is -2.43. The number of rotatable bonds is 5. The van der Waals surface area contributed by atoms with Crippen LogP contribution in [-0.4, -0.2) is 29.9 Å². The molecule has 0 aromatic heterocycles. The van der Waals surface area contributed by atoms with Crippen LogP contribution in [0.25, 0.3) is 0 Å². The number of benzene rings is 1. The lowest BCUT2D eigenvalue weighted by atomic mass is 9.97. The Morgan fingerprint density at radius 2 is 2.05 bits per heavy atom. The Labute approximate surface area is 122 Å². The molecule has 110 valence electrons. The zero-order valence-corrected chi connectivity index (χ0v) is 12.6. The molecule has 1 aromatic rings. The van der Waals surface area contributed by atoms with E-state index in [2.05, 4.69) is 13.8 Å². The van der Waals surface area contributed by atoms with Crippen LogP contribution in [0.3, 0.4) is 0 Å². The van der Waals surface area contributed by atoms with Crippen LogP contribution in [0.1, 0.15) is 32.3 Å². The lowest BCUT2D eigenvalue weighted by Gasteiger charge is -2.21. The predicted molar refractivity (Wildman–Crippen MR) is 82.3 cm³/mol. The molecule has 1 aliphatic rings. The predicted octanol–water partition coefficient (Wildman–Crippen LogP) is 2.45. The quantitative estimate of drug-likeness (QED) is 0.896. The van der Waals surface area contributed by atoms with E-state index in [0.717, 1.165) is 25.1 Å². The number of likely N-dealkylation sites (tertiary alicyclic amines) is 1. The first-order valence-electron chi connectivity index (χ1n) is 7.64. The summed E-state index contributed by atoms with van der Waals surface area (Å²) in [6.45, 7) is 6.25. The fourth-order valence-corrected chi connectivity index (χ4v) is 3.08. The van der Waals surface area contributed by atoms with Gasteiger partial charge in [0.15, 0.2) is 0 Å². The van der Waals surface area contributed by atoms with E-state index in [4.69, 9.17) is 5.73 Å². The molecule has 1 heterocycles. The molecule has 0 spiro atoms. The van der Waals surface area contributed by atoms with Gasteiger partial charge in [-0.15, -0.1) is 0 Å². The molecule has 1 amide bonds. The van der Waals surface area contributed by atoms with Crippen molar-refractivity contribution in [2.45, 2.75) is 39.2 Å². The number of carbonyl (C=O) groups is 1. The van der Waals surface area contributed by atoms with Crippen LogP contribution in [0.2, 0.25) is 0 Å². The van der Waals surface area contributed by atoms with Gasteiger partial charge in [-0.25, -0.2) is 0 Å². The molecule has 2 N–H and O–H groups in total. The minimum absolute atomic E-state index is 0.111. The molecule has 1 saturated heterocycles. The van der Waals surface area contributed by atoms with Crippen molar-refractivity contribution in [3.8, 4) is 0 Å². The summed E-state index contributed by atoms with van der Waals surface area (Å²) in [6.07, 6.45) is 2.96. The molecular weight excluding hydrogens is 248 g/mol. The molecule has 1 fully saturated rings. The summed E-state index contributed by atoms with van der Waals surface area (Å²) >= 11 is 0. The van der Waals surface area contributed by atoms with Gasteiger partial charge in [-0.1, -0.05) is 44.2 Å². The Kier molecular flexibility index (Phi) is 5.18. The highest BCUT2D eigenvalue weighted by Crippen LogP contribution is 2.23. The van der Waals surface area contributed by atoms with Gasteiger partial charge in [0, 0.05) is 13.1 Å². The molecule has 1 unspecified atom stereocenters. The van der Waals surface area contributed by atoms with E-state index in [0.29, 0.717) is 18.3 Å². The maximum absolute atomic E-state index is 12.4. The maximum Gasteiger partial charge on any atom is 0.239 e. The van der Waals surface area contributed by atoms with Gasteiger partial charge in [-0.3, -0.25) is 4.79 Å². The summed E-state index contributed by atoms with van der Waals surface area (Å²) < 4.78 is 0. The summed E-state index contributed by atoms with van der Waals surface area (Å²) in [5.74, 6) is 1.47. The van der Waals surface area contributed by atoms with Crippen LogP contribution in [-0.2, 0) is 11.2 Å². The van der Waals surface area contributed by atoms with Gasteiger partial charge in [0.2, 0.25) is 5.91 Å². The number of hydrogen-bond acceptors (Lipinski definition) is 2. The largest absolute Gasteiger partial charge is 0.341 e. The normalized spacial score (nSPS) is 20.4. The summed E-state index contributed by atoms with van der Waals surface area (Å²) in [4.78, 5) is 14.3. The molecule has 0 radical (unpaired) electrons. The van der Waals surface area contributed by atoms with E-state index < -0.39 is 6.04 Å². The fourth-order valence-electron chi connectivity index (χ4n) is 3.08. The molecule has 1 aromatic carbocycles. The molecule has 20 heavy (non-hydrogen) atoms. The van der Waals surface area contributed by atoms with Crippen molar-refractivity contribution >= 4 is 5.91 Å². The second kappa shape index (κ2) is 6.89. The topological polar surface area (TPSA) is 46.3 Å². The standard InChI is InChI=1S/C17H26N2O/c1-13(2)10-15-8-9-19(12-15)17(20)16(18)11-14-6-4-3-5-7-14/h3-7,13,15-16H,8-12,18H2,1-2H3/t15?,16-/m0/s1. The van der Waals surface area contributed by atoms with Crippen molar-refractivity contribution < 1.29 is 4.79 Å². The fraction of sp³-hybridized carbons (Fsp3) is 0.588. The van der Waals surface area contributed by atoms with Crippen LogP contribution in [0.15, 0.2) is 30.3 Å². The molecule has 3 heteroatoms. The van der Waals surface area contributed by atoms with Crippen molar-refractivity contribution in [2.24, 2.45) is 17.6 Å². The van der Waals surface area contributed by atoms with Gasteiger partial charge in [-0.2, -0.15) is 0 Å². The highest BCUT2D eigenvalue weighted by atomic mass is 16.2. The van der Waals surface area contributed by atoms with E-state index in [9.17, 15) is 4.79 Å². The number of hydrogen-bond donors (Lipinski definition) is 1. The van der Waals surface area contributed by atoms with Crippen LogP contribution in [0.5, 0.6) is 0 Å². The maximum atomic E-state index is 12.4. The summed E-state index contributed by atoms with van der Waals surface area (Å²) in [5.41, 5.74) is 7.22. The first kappa shape index (κ1) is 15.0. The van der Waals surface area contributed by atoms with E-state index in [1.807, 2.05) is 35.2 Å². The lowest BCUT2D eigenvalue weighted by molar-refractivity contribution is -0.131. The Hall–Kier alpha value is -1.35. The van der Waals surface area contributed by atoms with Crippen molar-refractivity contribution in [1.82, 2.24) is 4.90 Å². The van der Waals surface area contributed by atoms with Crippen LogP contribution in [0.4, 0.5) is 0 Å². The Balaban J connectivity index is 1.85. The smallest absolute Gasteiger partial charge is 0.239 e. The zero-order chi connectivity index (χ0) is 14.5. The SMILES string of the molecule is CC(C)CC1CCN(C(=O)[C@@H](N)Cc2ccccc2)C1. The zero-order valence-electron chi connectivity index (χ0n) is 12.6. The van der Waals surface area contributed by atoms with E-state index in [1.54, 1.807) is 0 Å². The van der Waals surface area contributed by atoms with Crippen LogP contribution >= 0.6 is 0 Å². The molecule has 1 aliphatic heterocycles. The highest BCUT2D eigenvalue weighted by molar-refractivity contribution is 5.82. The van der Waals surface area contributed by atoms with Gasteiger partial charge < -0.3 is 10.6 Å². The second-order valence-corrected chi connectivity index (χ2v) is 6.36. The summed E-state index contributed by atoms with van der Waals surface area (Å²) in [5, 5.41) is 0. The minimum atomic E-state index is -0.407. The molecular formula is C17H26N2O. The monoisotopic (exact) mass is 274 g/mol. The van der Waals surface area contributed by atoms with Gasteiger partial charge in [0.1, 0.15) is 0 Å². The molecule has 2 atom stereocenters. The minimum Gasteiger partial charge on any atom is -0.341 e. The van der Waals surface area contributed by atoms with E-state index in [1.165, 1.54) is 6.42 Å². The average molecular weight is 274 g/mol. The van der Waals surface area contributed by atoms with Gasteiger partial charge in [0.25, 0.3) is 0 Å². The number of carbonyl (C=O) groups excluding carboxylic acids is 1. The molecule has 0 bridgehead atoms. The first-order valence-corrected chi connectivity index (χ1v) is 7.64. The van der Waals surface area contributed by atoms with Crippen molar-refractivity contribution in [3.05, 3.63) is 35.9 Å². The summed E-state index contributed by atoms with van der Waals surface area (Å²) in [7, 11) is 0. The van der Waals surface area contributed by atoms with Crippen LogP contribution in [0, 0.1) is 11.8 Å². The molecule has 0 aliphatic carbocycles. The van der Waals surface area contributed by atoms with Gasteiger partial charge in [-0.05, 0) is 36.7 Å². The Bertz CT molecular complexity index is 430. The van der Waals surface area contributed by atoms with Crippen molar-refractivity contribution in [3.63, 3.8) is 0 Å². The first-order chi connectivity index (χ1) is 9.56. The Morgan fingerprint density at radius 1 is 1.35 bits per heavy atom. The highest BCUT2D eigenvalue weighted by Gasteiger charge is 2.29. The van der Waals surface area contributed by atoms with Crippen LogP contribution < -0.4 is 5.73 Å². The van der Waals surface area contributed by atoms with Crippen molar-refractivity contribution in [2.75, 3.05) is 13.1 Å². The third kappa shape index (κ3) is 4.07. The van der Waals surface area contributed by atoms with Gasteiger partial charge >= 0.3 is 0 Å². The third-order valence-corrected chi connectivity index (χ3v) is 4.02. The second-order valence-electron chi connectivity index (χ2n) is 6.36. The van der Waals surface area contributed by atoms with Crippen molar-refractivity contribution in [1.29, 1.82) is 0 Å². The molecule has 3 nitrogen and oxygen atoms in total. The van der Waals surface area contributed by atoms with E-state index >= 15 is 0 Å². The van der Waals surface area contributed by atoms with Gasteiger partial charge in [0.05, 0.1) is 6.04 Å². The number of amides is 1. The third-order valence-electron chi connectivity index (χ3n) is 4.02. The molecule has 2 rings (SSSR count). The number of nitrogens with two attached hydrogens (primary N) is 1. The summed E-state index contributed by atoms with van der Waals surface area (Å²) in [6, 6.07) is 9.60. The Morgan fingerprint density at radius 3 is 2.70 bits per heavy atom. The molecule has 0 saturated carbocycles. The van der Waals surface area contributed by atoms with E-state index in [-0.39, 0.29) is 5.91 Å². The average Bonchev–Trinajstić information content (AvgIpc) is 2.86.